The lowest BCUT2D eigenvalue weighted by atomic mass is 9.60. The minimum absolute atomic E-state index is 1.14. The van der Waals surface area contributed by atoms with Gasteiger partial charge in [0.05, 0.1) is 0 Å². The number of hydrogen-bond acceptors (Lipinski definition) is 0. The van der Waals surface area contributed by atoms with Crippen molar-refractivity contribution in [2.75, 3.05) is 0 Å². The van der Waals surface area contributed by atoms with E-state index in [1.54, 1.807) is 0 Å². The Morgan fingerprint density at radius 2 is 1.24 bits per heavy atom. The molecule has 0 amide bonds. The number of hydrogen-bond donors (Lipinski definition) is 0. The molecule has 107 valence electrons. The van der Waals surface area contributed by atoms with E-state index in [-0.39, 0.29) is 0 Å². The highest BCUT2D eigenvalue weighted by molar-refractivity contribution is 6.56. The van der Waals surface area contributed by atoms with Crippen molar-refractivity contribution >= 4 is 7.28 Å². The second kappa shape index (κ2) is 8.31. The fraction of sp³-hybridized carbons (Fsp3) is 0.200. The molecule has 1 radical (unpaired) electrons. The van der Waals surface area contributed by atoms with E-state index < -0.39 is 0 Å². The van der Waals surface area contributed by atoms with Crippen LogP contribution in [0.2, 0.25) is 0 Å². The van der Waals surface area contributed by atoms with E-state index in [0.717, 1.165) is 11.1 Å². The first-order valence-corrected chi connectivity index (χ1v) is 7.32. The van der Waals surface area contributed by atoms with Crippen molar-refractivity contribution < 1.29 is 0 Å². The standard InChI is InChI=1S/C20H24B/c1-7-12-18-16(10-4)15(6)19(13-8-2)21-20(14-9-3)17(18)11-5/h7-14H,4-5H2,1-3,6H3/b12-7-,13-8-,14-9-. The Morgan fingerprint density at radius 3 is 1.71 bits per heavy atom. The van der Waals surface area contributed by atoms with E-state index >= 15 is 0 Å². The topological polar surface area (TPSA) is 0 Å². The molecule has 1 rings (SSSR count). The molecule has 0 aliphatic carbocycles. The Labute approximate surface area is 130 Å². The molecule has 0 N–H and O–H groups in total. The summed E-state index contributed by atoms with van der Waals surface area (Å²) < 4.78 is 0. The van der Waals surface area contributed by atoms with Crippen molar-refractivity contribution in [2.45, 2.75) is 27.7 Å². The van der Waals surface area contributed by atoms with Crippen molar-refractivity contribution in [3.63, 3.8) is 0 Å². The van der Waals surface area contributed by atoms with Crippen LogP contribution < -0.4 is 0 Å². The van der Waals surface area contributed by atoms with Gasteiger partial charge in [-0.05, 0) is 50.0 Å². The normalized spacial score (nSPS) is 17.1. The fourth-order valence-electron chi connectivity index (χ4n) is 2.52. The Morgan fingerprint density at radius 1 is 0.714 bits per heavy atom. The van der Waals surface area contributed by atoms with E-state index in [9.17, 15) is 0 Å². The van der Waals surface area contributed by atoms with Gasteiger partial charge in [-0.3, -0.25) is 0 Å². The molecule has 1 aliphatic heterocycles. The van der Waals surface area contributed by atoms with E-state index in [0.29, 0.717) is 0 Å². The van der Waals surface area contributed by atoms with Gasteiger partial charge in [0.1, 0.15) is 0 Å². The molecular formula is C20H24B. The average molecular weight is 275 g/mol. The van der Waals surface area contributed by atoms with E-state index in [4.69, 9.17) is 0 Å². The molecular weight excluding hydrogens is 251 g/mol. The maximum Gasteiger partial charge on any atom is 0.192 e. The maximum absolute atomic E-state index is 4.01. The molecule has 0 fully saturated rings. The summed E-state index contributed by atoms with van der Waals surface area (Å²) in [6.45, 7) is 16.3. The number of rotatable bonds is 5. The summed E-state index contributed by atoms with van der Waals surface area (Å²) in [5.41, 5.74) is 7.08. The summed E-state index contributed by atoms with van der Waals surface area (Å²) in [5, 5.41) is 0. The minimum atomic E-state index is 1.14. The Balaban J connectivity index is 3.80. The molecule has 0 saturated heterocycles. The first-order valence-electron chi connectivity index (χ1n) is 7.32. The predicted octanol–water partition coefficient (Wildman–Crippen LogP) is 5.63. The van der Waals surface area contributed by atoms with Crippen LogP contribution in [0.25, 0.3) is 0 Å². The van der Waals surface area contributed by atoms with Crippen LogP contribution in [-0.2, 0) is 0 Å². The fourth-order valence-corrected chi connectivity index (χ4v) is 2.52. The molecule has 1 aliphatic rings. The van der Waals surface area contributed by atoms with Gasteiger partial charge in [0.15, 0.2) is 7.28 Å². The van der Waals surface area contributed by atoms with Crippen LogP contribution >= 0.6 is 0 Å². The monoisotopic (exact) mass is 275 g/mol. The van der Waals surface area contributed by atoms with Crippen LogP contribution in [-0.4, -0.2) is 7.28 Å². The first kappa shape index (κ1) is 17.0. The van der Waals surface area contributed by atoms with Crippen LogP contribution in [0.4, 0.5) is 0 Å². The molecule has 0 aromatic heterocycles. The summed E-state index contributed by atoms with van der Waals surface area (Å²) in [6, 6.07) is 0. The lowest BCUT2D eigenvalue weighted by Crippen LogP contribution is -2.01. The van der Waals surface area contributed by atoms with Crippen molar-refractivity contribution in [3.05, 3.63) is 95.0 Å². The van der Waals surface area contributed by atoms with Crippen LogP contribution in [0.3, 0.4) is 0 Å². The molecule has 0 unspecified atom stereocenters. The van der Waals surface area contributed by atoms with Gasteiger partial charge in [-0.2, -0.15) is 0 Å². The largest absolute Gasteiger partial charge is 0.192 e. The Bertz CT molecular complexity index is 602. The average Bonchev–Trinajstić information content (AvgIpc) is 2.57. The molecule has 0 nitrogen and oxygen atoms in total. The molecule has 0 saturated carbocycles. The third-order valence-electron chi connectivity index (χ3n) is 3.47. The van der Waals surface area contributed by atoms with Crippen molar-refractivity contribution in [1.82, 2.24) is 0 Å². The highest BCUT2D eigenvalue weighted by Crippen LogP contribution is 2.32. The molecule has 0 spiro atoms. The van der Waals surface area contributed by atoms with Gasteiger partial charge in [0.2, 0.25) is 0 Å². The molecule has 1 heteroatoms. The van der Waals surface area contributed by atoms with Crippen molar-refractivity contribution in [1.29, 1.82) is 0 Å². The van der Waals surface area contributed by atoms with E-state index in [1.165, 1.54) is 22.1 Å². The predicted molar refractivity (Wildman–Crippen MR) is 97.3 cm³/mol. The smallest absolute Gasteiger partial charge is 0.0985 e. The maximum atomic E-state index is 4.01. The lowest BCUT2D eigenvalue weighted by molar-refractivity contribution is 1.36. The summed E-state index contributed by atoms with van der Waals surface area (Å²) >= 11 is 0. The molecule has 0 atom stereocenters. The molecule has 1 heterocycles. The first-order chi connectivity index (χ1) is 10.1. The van der Waals surface area contributed by atoms with E-state index in [1.807, 2.05) is 32.9 Å². The lowest BCUT2D eigenvalue weighted by Gasteiger charge is -2.11. The summed E-state index contributed by atoms with van der Waals surface area (Å²) in [5.74, 6) is 0. The third-order valence-corrected chi connectivity index (χ3v) is 3.47. The van der Waals surface area contributed by atoms with Crippen molar-refractivity contribution in [2.24, 2.45) is 0 Å². The molecule has 0 bridgehead atoms. The highest BCUT2D eigenvalue weighted by Gasteiger charge is 2.18. The van der Waals surface area contributed by atoms with Gasteiger partial charge in [-0.15, -0.1) is 0 Å². The summed E-state index contributed by atoms with van der Waals surface area (Å²) in [7, 11) is 2.21. The van der Waals surface area contributed by atoms with Crippen LogP contribution in [0, 0.1) is 0 Å². The van der Waals surface area contributed by atoms with Gasteiger partial charge in [-0.25, -0.2) is 0 Å². The Kier molecular flexibility index (Phi) is 6.74. The third kappa shape index (κ3) is 3.75. The SMILES string of the molecule is C=CC1=C(/C=C\C)[B]C(/C=C\C)=C(C)C(C=C)=C1/C=C\C. The molecule has 0 aromatic rings. The zero-order valence-electron chi connectivity index (χ0n) is 13.6. The Hall–Kier alpha value is -2.02. The van der Waals surface area contributed by atoms with Crippen LogP contribution in [0.1, 0.15) is 27.7 Å². The quantitative estimate of drug-likeness (QED) is 0.570. The highest BCUT2D eigenvalue weighted by atomic mass is 14.2. The van der Waals surface area contributed by atoms with Gasteiger partial charge in [-0.1, -0.05) is 72.7 Å². The molecule has 0 aromatic carbocycles. The second-order valence-corrected chi connectivity index (χ2v) is 4.83. The second-order valence-electron chi connectivity index (χ2n) is 4.83. The van der Waals surface area contributed by atoms with Crippen LogP contribution in [0.15, 0.2) is 95.0 Å². The van der Waals surface area contributed by atoms with E-state index in [2.05, 4.69) is 63.8 Å². The van der Waals surface area contributed by atoms with Crippen LogP contribution in [0.5, 0.6) is 0 Å². The molecule has 21 heavy (non-hydrogen) atoms. The minimum Gasteiger partial charge on any atom is -0.0985 e. The zero-order valence-corrected chi connectivity index (χ0v) is 13.6. The number of allylic oxidation sites excluding steroid dienone is 14. The van der Waals surface area contributed by atoms with Gasteiger partial charge in [0.25, 0.3) is 0 Å². The zero-order chi connectivity index (χ0) is 15.8. The summed E-state index contributed by atoms with van der Waals surface area (Å²) in [6.07, 6.45) is 16.4. The van der Waals surface area contributed by atoms with Gasteiger partial charge < -0.3 is 0 Å². The van der Waals surface area contributed by atoms with Gasteiger partial charge >= 0.3 is 0 Å². The summed E-state index contributed by atoms with van der Waals surface area (Å²) in [4.78, 5) is 0. The van der Waals surface area contributed by atoms with Crippen molar-refractivity contribution in [3.8, 4) is 0 Å². The van der Waals surface area contributed by atoms with Gasteiger partial charge in [0, 0.05) is 0 Å².